The predicted octanol–water partition coefficient (Wildman–Crippen LogP) is 2.65. The van der Waals surface area contributed by atoms with E-state index in [1.807, 2.05) is 0 Å². The molecule has 3 saturated carbocycles. The van der Waals surface area contributed by atoms with Gasteiger partial charge in [-0.2, -0.15) is 0 Å². The fraction of sp³-hybridized carbons (Fsp3) is 0.947. The first kappa shape index (κ1) is 16.6. The van der Waals surface area contributed by atoms with Gasteiger partial charge in [0.25, 0.3) is 0 Å². The van der Waals surface area contributed by atoms with Gasteiger partial charge in [0.15, 0.2) is 0 Å². The Kier molecular flexibility index (Phi) is 4.74. The van der Waals surface area contributed by atoms with Crippen LogP contribution in [0.2, 0.25) is 0 Å². The van der Waals surface area contributed by atoms with Crippen LogP contribution in [-0.2, 0) is 4.74 Å². The van der Waals surface area contributed by atoms with Gasteiger partial charge in [-0.3, -0.25) is 0 Å². The maximum atomic E-state index is 12.5. The molecule has 4 aliphatic rings. The minimum atomic E-state index is 0.0473. The lowest BCUT2D eigenvalue weighted by atomic mass is 9.60. The molecule has 2 atom stereocenters. The van der Waals surface area contributed by atoms with Crippen molar-refractivity contribution in [1.82, 2.24) is 15.5 Å². The van der Waals surface area contributed by atoms with Gasteiger partial charge < -0.3 is 20.3 Å². The highest BCUT2D eigenvalue weighted by Gasteiger charge is 2.57. The van der Waals surface area contributed by atoms with Gasteiger partial charge in [0.2, 0.25) is 0 Å². The second-order valence-corrected chi connectivity index (χ2v) is 8.33. The highest BCUT2D eigenvalue weighted by atomic mass is 16.5. The second kappa shape index (κ2) is 6.83. The number of hydrogen-bond acceptors (Lipinski definition) is 3. The topological polar surface area (TPSA) is 53.6 Å². The van der Waals surface area contributed by atoms with Gasteiger partial charge in [-0.1, -0.05) is 12.8 Å². The van der Waals surface area contributed by atoms with Gasteiger partial charge in [0, 0.05) is 43.2 Å². The van der Waals surface area contributed by atoms with E-state index in [4.69, 9.17) is 4.74 Å². The summed E-state index contributed by atoms with van der Waals surface area (Å²) in [4.78, 5) is 15.1. The fourth-order valence-electron chi connectivity index (χ4n) is 5.32. The number of carbonyl (C=O) groups is 1. The van der Waals surface area contributed by atoms with Crippen LogP contribution in [0.4, 0.5) is 4.79 Å². The molecule has 0 aromatic carbocycles. The largest absolute Gasteiger partial charge is 0.378 e. The van der Waals surface area contributed by atoms with Crippen molar-refractivity contribution in [1.29, 1.82) is 0 Å². The second-order valence-electron chi connectivity index (χ2n) is 8.33. The van der Waals surface area contributed by atoms with Gasteiger partial charge >= 0.3 is 6.03 Å². The van der Waals surface area contributed by atoms with E-state index >= 15 is 0 Å². The molecule has 0 aromatic heterocycles. The van der Waals surface area contributed by atoms with E-state index in [9.17, 15) is 4.79 Å². The quantitative estimate of drug-likeness (QED) is 0.812. The molecule has 4 rings (SSSR count). The van der Waals surface area contributed by atoms with Crippen LogP contribution in [0.25, 0.3) is 0 Å². The first-order chi connectivity index (χ1) is 11.7. The molecule has 0 radical (unpaired) electrons. The van der Waals surface area contributed by atoms with E-state index in [2.05, 4.69) is 22.5 Å². The smallest absolute Gasteiger partial charge is 0.315 e. The van der Waals surface area contributed by atoms with E-state index in [1.165, 1.54) is 38.5 Å². The number of rotatable bonds is 5. The third-order valence-corrected chi connectivity index (χ3v) is 6.92. The molecular formula is C19H33N3O2. The van der Waals surface area contributed by atoms with Gasteiger partial charge in [-0.15, -0.1) is 0 Å². The van der Waals surface area contributed by atoms with Crippen molar-refractivity contribution in [2.45, 2.75) is 88.9 Å². The molecule has 2 amide bonds. The molecule has 0 unspecified atom stereocenters. The lowest BCUT2D eigenvalue weighted by Crippen LogP contribution is -2.65. The van der Waals surface area contributed by atoms with Crippen molar-refractivity contribution in [2.24, 2.45) is 5.41 Å². The Hall–Kier alpha value is -0.810. The van der Waals surface area contributed by atoms with Gasteiger partial charge in [0.05, 0.1) is 6.10 Å². The van der Waals surface area contributed by atoms with Crippen LogP contribution >= 0.6 is 0 Å². The summed E-state index contributed by atoms with van der Waals surface area (Å²) in [5.74, 6) is 0. The number of urea groups is 1. The Bertz CT molecular complexity index is 452. The van der Waals surface area contributed by atoms with Crippen LogP contribution in [0.5, 0.6) is 0 Å². The Morgan fingerprint density at radius 2 is 1.83 bits per heavy atom. The highest BCUT2D eigenvalue weighted by Crippen LogP contribution is 2.54. The molecule has 24 heavy (non-hydrogen) atoms. The molecule has 2 N–H and O–H groups in total. The number of hydrogen-bond donors (Lipinski definition) is 2. The summed E-state index contributed by atoms with van der Waals surface area (Å²) < 4.78 is 5.94. The molecular weight excluding hydrogens is 302 g/mol. The van der Waals surface area contributed by atoms with Crippen LogP contribution in [-0.4, -0.2) is 54.9 Å². The zero-order chi connectivity index (χ0) is 16.6. The van der Waals surface area contributed by atoms with Crippen LogP contribution in [0, 0.1) is 5.41 Å². The maximum Gasteiger partial charge on any atom is 0.315 e. The Labute approximate surface area is 145 Å². The first-order valence-electron chi connectivity index (χ1n) is 10.1. The third kappa shape index (κ3) is 3.17. The molecule has 1 saturated heterocycles. The number of piperidine rings is 1. The molecule has 5 nitrogen and oxygen atoms in total. The van der Waals surface area contributed by atoms with Gasteiger partial charge in [0.1, 0.15) is 0 Å². The number of nitrogens with one attached hydrogen (secondary N) is 2. The lowest BCUT2D eigenvalue weighted by molar-refractivity contribution is -0.126. The fourth-order valence-corrected chi connectivity index (χ4v) is 5.32. The SMILES string of the molecule is CCO[C@H]1C[C@H](NC(=O)NC2CCN(C3CC3)CC2)C12CCCC2. The van der Waals surface area contributed by atoms with Crippen molar-refractivity contribution in [3.63, 3.8) is 0 Å². The van der Waals surface area contributed by atoms with Crippen molar-refractivity contribution in [2.75, 3.05) is 19.7 Å². The number of amides is 2. The summed E-state index contributed by atoms with van der Waals surface area (Å²) in [6.45, 7) is 5.15. The average Bonchev–Trinajstić information content (AvgIpc) is 3.29. The van der Waals surface area contributed by atoms with E-state index in [0.29, 0.717) is 18.2 Å². The molecule has 1 aliphatic heterocycles. The Morgan fingerprint density at radius 1 is 1.12 bits per heavy atom. The van der Waals surface area contributed by atoms with Crippen molar-refractivity contribution in [3.8, 4) is 0 Å². The molecule has 1 spiro atoms. The average molecular weight is 335 g/mol. The Morgan fingerprint density at radius 3 is 2.46 bits per heavy atom. The molecule has 5 heteroatoms. The molecule has 3 aliphatic carbocycles. The summed E-state index contributed by atoms with van der Waals surface area (Å²) in [7, 11) is 0. The van der Waals surface area contributed by atoms with Crippen LogP contribution in [0.15, 0.2) is 0 Å². The molecule has 1 heterocycles. The van der Waals surface area contributed by atoms with Crippen molar-refractivity contribution < 1.29 is 9.53 Å². The molecule has 0 bridgehead atoms. The minimum Gasteiger partial charge on any atom is -0.378 e. The third-order valence-electron chi connectivity index (χ3n) is 6.92. The molecule has 4 fully saturated rings. The van der Waals surface area contributed by atoms with E-state index < -0.39 is 0 Å². The van der Waals surface area contributed by atoms with E-state index in [-0.39, 0.29) is 11.4 Å². The molecule has 0 aromatic rings. The highest BCUT2D eigenvalue weighted by molar-refractivity contribution is 5.75. The molecule has 136 valence electrons. The van der Waals surface area contributed by atoms with Gasteiger partial charge in [-0.25, -0.2) is 4.79 Å². The lowest BCUT2D eigenvalue weighted by Gasteiger charge is -2.54. The number of likely N-dealkylation sites (tertiary alicyclic amines) is 1. The zero-order valence-corrected chi connectivity index (χ0v) is 15.1. The number of ether oxygens (including phenoxy) is 1. The Balaban J connectivity index is 1.24. The van der Waals surface area contributed by atoms with E-state index in [1.54, 1.807) is 0 Å². The summed E-state index contributed by atoms with van der Waals surface area (Å²) in [6.07, 6.45) is 11.3. The van der Waals surface area contributed by atoms with Crippen LogP contribution < -0.4 is 10.6 Å². The zero-order valence-electron chi connectivity index (χ0n) is 15.1. The minimum absolute atomic E-state index is 0.0473. The summed E-state index contributed by atoms with van der Waals surface area (Å²) in [6, 6.07) is 1.56. The van der Waals surface area contributed by atoms with Crippen molar-refractivity contribution in [3.05, 3.63) is 0 Å². The summed E-state index contributed by atoms with van der Waals surface area (Å²) in [5, 5.41) is 6.52. The van der Waals surface area contributed by atoms with Gasteiger partial charge in [-0.05, 0) is 51.9 Å². The summed E-state index contributed by atoms with van der Waals surface area (Å²) in [5.41, 5.74) is 0.225. The predicted molar refractivity (Wildman–Crippen MR) is 94.0 cm³/mol. The number of carbonyl (C=O) groups excluding carboxylic acids is 1. The summed E-state index contributed by atoms with van der Waals surface area (Å²) >= 11 is 0. The van der Waals surface area contributed by atoms with Crippen LogP contribution in [0.3, 0.4) is 0 Å². The standard InChI is InChI=1S/C19H33N3O2/c1-2-24-17-13-16(19(17)9-3-4-10-19)21-18(23)20-14-7-11-22(12-8-14)15-5-6-15/h14-17H,2-13H2,1H3,(H2,20,21,23)/t16-,17-/m0/s1. The first-order valence-corrected chi connectivity index (χ1v) is 10.1. The normalized spacial score (nSPS) is 33.4. The monoisotopic (exact) mass is 335 g/mol. The van der Waals surface area contributed by atoms with Crippen LogP contribution in [0.1, 0.15) is 64.7 Å². The number of nitrogens with zero attached hydrogens (tertiary/aromatic N) is 1. The maximum absolute atomic E-state index is 12.5. The van der Waals surface area contributed by atoms with Crippen molar-refractivity contribution >= 4 is 6.03 Å². The van der Waals surface area contributed by atoms with E-state index in [0.717, 1.165) is 45.0 Å².